The molecule has 0 unspecified atom stereocenters. The van der Waals surface area contributed by atoms with E-state index >= 15 is 0 Å². The van der Waals surface area contributed by atoms with Gasteiger partial charge in [0.2, 0.25) is 0 Å². The Bertz CT molecular complexity index is 1020. The van der Waals surface area contributed by atoms with Gasteiger partial charge in [-0.05, 0) is 55.8 Å². The second-order valence-electron chi connectivity index (χ2n) is 6.28. The van der Waals surface area contributed by atoms with Gasteiger partial charge in [-0.15, -0.1) is 0 Å². The van der Waals surface area contributed by atoms with Crippen molar-refractivity contribution in [1.82, 2.24) is 15.4 Å². The highest BCUT2D eigenvalue weighted by Gasteiger charge is 2.16. The summed E-state index contributed by atoms with van der Waals surface area (Å²) in [6, 6.07) is 17.2. The van der Waals surface area contributed by atoms with Crippen LogP contribution in [0.15, 0.2) is 66.7 Å². The van der Waals surface area contributed by atoms with Crippen LogP contribution in [-0.2, 0) is 4.79 Å². The number of nitrogens with zero attached hydrogens (tertiary/aromatic N) is 1. The first kappa shape index (κ1) is 19.1. The molecule has 6 heteroatoms. The number of aryl methyl sites for hydroxylation is 1. The van der Waals surface area contributed by atoms with Crippen LogP contribution in [0.25, 0.3) is 11.8 Å². The summed E-state index contributed by atoms with van der Waals surface area (Å²) in [7, 11) is 0. The SMILES string of the molecule is Cc1cc(C(=O)NNC(=O)/C=C/c2ccc(F)cc2)c(C)n1-c1ccccc1. The van der Waals surface area contributed by atoms with Gasteiger partial charge in [-0.25, -0.2) is 4.39 Å². The number of hydrazine groups is 1. The van der Waals surface area contributed by atoms with Crippen LogP contribution in [0.2, 0.25) is 0 Å². The van der Waals surface area contributed by atoms with E-state index in [9.17, 15) is 14.0 Å². The van der Waals surface area contributed by atoms with Gasteiger partial charge in [0.05, 0.1) is 5.56 Å². The Morgan fingerprint density at radius 3 is 2.32 bits per heavy atom. The van der Waals surface area contributed by atoms with Gasteiger partial charge >= 0.3 is 0 Å². The number of nitrogens with one attached hydrogen (secondary N) is 2. The van der Waals surface area contributed by atoms with Crippen molar-refractivity contribution >= 4 is 17.9 Å². The minimum atomic E-state index is -0.491. The number of rotatable bonds is 4. The summed E-state index contributed by atoms with van der Waals surface area (Å²) in [4.78, 5) is 24.4. The maximum absolute atomic E-state index is 12.9. The maximum atomic E-state index is 12.9. The Kier molecular flexibility index (Phi) is 5.69. The molecule has 0 saturated carbocycles. The van der Waals surface area contributed by atoms with Crippen LogP contribution in [0.5, 0.6) is 0 Å². The third kappa shape index (κ3) is 4.35. The van der Waals surface area contributed by atoms with Crippen LogP contribution in [0.3, 0.4) is 0 Å². The molecule has 0 fully saturated rings. The smallest absolute Gasteiger partial charge is 0.271 e. The summed E-state index contributed by atoms with van der Waals surface area (Å²) in [6.45, 7) is 3.77. The Morgan fingerprint density at radius 2 is 1.64 bits per heavy atom. The summed E-state index contributed by atoms with van der Waals surface area (Å²) in [5.74, 6) is -1.24. The third-order valence-electron chi connectivity index (χ3n) is 4.29. The first-order chi connectivity index (χ1) is 13.5. The van der Waals surface area contributed by atoms with Crippen LogP contribution in [0.4, 0.5) is 4.39 Å². The zero-order valence-corrected chi connectivity index (χ0v) is 15.6. The Hall–Kier alpha value is -3.67. The number of carbonyl (C=O) groups is 2. The zero-order chi connectivity index (χ0) is 20.1. The second-order valence-corrected chi connectivity index (χ2v) is 6.28. The zero-order valence-electron chi connectivity index (χ0n) is 15.6. The lowest BCUT2D eigenvalue weighted by atomic mass is 10.2. The quantitative estimate of drug-likeness (QED) is 0.538. The van der Waals surface area contributed by atoms with E-state index in [4.69, 9.17) is 0 Å². The fourth-order valence-electron chi connectivity index (χ4n) is 2.94. The number of benzene rings is 2. The first-order valence-electron chi connectivity index (χ1n) is 8.74. The lowest BCUT2D eigenvalue weighted by Crippen LogP contribution is -2.40. The van der Waals surface area contributed by atoms with Crippen molar-refractivity contribution in [1.29, 1.82) is 0 Å². The molecule has 1 aromatic heterocycles. The molecule has 2 aromatic carbocycles. The van der Waals surface area contributed by atoms with Gasteiger partial charge in [0.15, 0.2) is 0 Å². The Labute approximate surface area is 162 Å². The van der Waals surface area contributed by atoms with Crippen molar-refractivity contribution in [3.05, 3.63) is 95.1 Å². The molecule has 0 aliphatic heterocycles. The molecule has 5 nitrogen and oxygen atoms in total. The number of amides is 2. The van der Waals surface area contributed by atoms with Crippen LogP contribution in [0.1, 0.15) is 27.3 Å². The van der Waals surface area contributed by atoms with E-state index in [1.54, 1.807) is 18.2 Å². The normalized spacial score (nSPS) is 10.8. The first-order valence-corrected chi connectivity index (χ1v) is 8.74. The summed E-state index contributed by atoms with van der Waals surface area (Å²) < 4.78 is 14.9. The number of aromatic nitrogens is 1. The number of halogens is 1. The number of hydrogen-bond donors (Lipinski definition) is 2. The fraction of sp³-hybridized carbons (Fsp3) is 0.0909. The van der Waals surface area contributed by atoms with Gasteiger partial charge in [-0.1, -0.05) is 30.3 Å². The van der Waals surface area contributed by atoms with E-state index in [-0.39, 0.29) is 5.82 Å². The standard InChI is InChI=1S/C22H20FN3O2/c1-15-14-20(16(2)26(15)19-6-4-3-5-7-19)22(28)25-24-21(27)13-10-17-8-11-18(23)12-9-17/h3-14H,1-2H3,(H,24,27)(H,25,28)/b13-10+. The van der Waals surface area contributed by atoms with Crippen molar-refractivity contribution in [3.8, 4) is 5.69 Å². The maximum Gasteiger partial charge on any atom is 0.271 e. The second kappa shape index (κ2) is 8.35. The van der Waals surface area contributed by atoms with E-state index in [1.807, 2.05) is 48.7 Å². The molecule has 28 heavy (non-hydrogen) atoms. The molecule has 142 valence electrons. The monoisotopic (exact) mass is 377 g/mol. The highest BCUT2D eigenvalue weighted by Crippen LogP contribution is 2.20. The molecule has 0 aliphatic carbocycles. The molecule has 0 spiro atoms. The molecular weight excluding hydrogens is 357 g/mol. The van der Waals surface area contributed by atoms with E-state index in [0.29, 0.717) is 11.1 Å². The summed E-state index contributed by atoms with van der Waals surface area (Å²) in [5, 5.41) is 0. The fourth-order valence-corrected chi connectivity index (χ4v) is 2.94. The van der Waals surface area contributed by atoms with Crippen LogP contribution >= 0.6 is 0 Å². The lowest BCUT2D eigenvalue weighted by Gasteiger charge is -2.10. The molecule has 2 amide bonds. The number of hydrogen-bond acceptors (Lipinski definition) is 2. The largest absolute Gasteiger partial charge is 0.318 e. The average molecular weight is 377 g/mol. The predicted molar refractivity (Wildman–Crippen MR) is 106 cm³/mol. The van der Waals surface area contributed by atoms with Gasteiger partial charge < -0.3 is 4.57 Å². The minimum Gasteiger partial charge on any atom is -0.318 e. The molecule has 0 bridgehead atoms. The van der Waals surface area contributed by atoms with Crippen LogP contribution in [-0.4, -0.2) is 16.4 Å². The average Bonchev–Trinajstić information content (AvgIpc) is 3.00. The topological polar surface area (TPSA) is 63.1 Å². The molecule has 0 radical (unpaired) electrons. The lowest BCUT2D eigenvalue weighted by molar-refractivity contribution is -0.117. The molecule has 0 aliphatic rings. The molecule has 0 saturated heterocycles. The van der Waals surface area contributed by atoms with Gasteiger partial charge in [0.25, 0.3) is 11.8 Å². The van der Waals surface area contributed by atoms with Crippen LogP contribution < -0.4 is 10.9 Å². The van der Waals surface area contributed by atoms with E-state index in [2.05, 4.69) is 10.9 Å². The van der Waals surface area contributed by atoms with Gasteiger partial charge in [0.1, 0.15) is 5.82 Å². The number of para-hydroxylation sites is 1. The van der Waals surface area contributed by atoms with E-state index < -0.39 is 11.8 Å². The Morgan fingerprint density at radius 1 is 0.964 bits per heavy atom. The third-order valence-corrected chi connectivity index (χ3v) is 4.29. The van der Waals surface area contributed by atoms with Gasteiger partial charge in [-0.2, -0.15) is 0 Å². The summed E-state index contributed by atoms with van der Waals surface area (Å²) >= 11 is 0. The van der Waals surface area contributed by atoms with Crippen molar-refractivity contribution in [2.75, 3.05) is 0 Å². The molecule has 3 aromatic rings. The summed E-state index contributed by atoms with van der Waals surface area (Å²) in [5.41, 5.74) is 8.56. The molecule has 1 heterocycles. The molecule has 3 rings (SSSR count). The van der Waals surface area contributed by atoms with Crippen molar-refractivity contribution < 1.29 is 14.0 Å². The van der Waals surface area contributed by atoms with Crippen molar-refractivity contribution in [2.45, 2.75) is 13.8 Å². The van der Waals surface area contributed by atoms with E-state index in [0.717, 1.165) is 17.1 Å². The van der Waals surface area contributed by atoms with Crippen LogP contribution in [0, 0.1) is 19.7 Å². The predicted octanol–water partition coefficient (Wildman–Crippen LogP) is 3.71. The van der Waals surface area contributed by atoms with E-state index in [1.165, 1.54) is 24.3 Å². The Balaban J connectivity index is 1.65. The highest BCUT2D eigenvalue weighted by molar-refractivity contribution is 5.99. The van der Waals surface area contributed by atoms with Crippen molar-refractivity contribution in [3.63, 3.8) is 0 Å². The minimum absolute atomic E-state index is 0.345. The highest BCUT2D eigenvalue weighted by atomic mass is 19.1. The van der Waals surface area contributed by atoms with Crippen molar-refractivity contribution in [2.24, 2.45) is 0 Å². The molecular formula is C22H20FN3O2. The van der Waals surface area contributed by atoms with Gasteiger partial charge in [0, 0.05) is 23.2 Å². The number of carbonyl (C=O) groups excluding carboxylic acids is 2. The summed E-state index contributed by atoms with van der Waals surface area (Å²) in [6.07, 6.45) is 2.79. The molecule has 0 atom stereocenters. The molecule has 2 N–H and O–H groups in total. The van der Waals surface area contributed by atoms with Gasteiger partial charge in [-0.3, -0.25) is 20.4 Å².